The summed E-state index contributed by atoms with van der Waals surface area (Å²) in [7, 11) is 0. The minimum absolute atomic E-state index is 0.171. The van der Waals surface area contributed by atoms with Gasteiger partial charge in [0.1, 0.15) is 0 Å². The van der Waals surface area contributed by atoms with Gasteiger partial charge in [-0.05, 0) is 25.2 Å². The van der Waals surface area contributed by atoms with Gasteiger partial charge in [0, 0.05) is 12.5 Å². The third-order valence-corrected chi connectivity index (χ3v) is 2.33. The highest BCUT2D eigenvalue weighted by Gasteiger charge is 2.09. The van der Waals surface area contributed by atoms with E-state index in [1.54, 1.807) is 6.92 Å². The van der Waals surface area contributed by atoms with E-state index >= 15 is 0 Å². The maximum atomic E-state index is 10.9. The smallest absolute Gasteiger partial charge is 0.327 e. The second kappa shape index (κ2) is 12.5. The van der Waals surface area contributed by atoms with Gasteiger partial charge >= 0.3 is 11.9 Å². The lowest BCUT2D eigenvalue weighted by Gasteiger charge is -2.17. The average molecular weight is 284 g/mol. The van der Waals surface area contributed by atoms with E-state index in [0.717, 1.165) is 18.9 Å². The normalized spacial score (nSPS) is 10.6. The minimum atomic E-state index is -0.891. The molecular weight excluding hydrogens is 256 g/mol. The topological polar surface area (TPSA) is 63.6 Å². The van der Waals surface area contributed by atoms with E-state index in [-0.39, 0.29) is 5.97 Å². The first-order chi connectivity index (χ1) is 9.22. The summed E-state index contributed by atoms with van der Waals surface area (Å²) in [5, 5.41) is 7.83. The first-order valence-electron chi connectivity index (χ1n) is 6.89. The number of esters is 1. The van der Waals surface area contributed by atoms with Crippen molar-refractivity contribution in [2.24, 2.45) is 5.41 Å². The van der Waals surface area contributed by atoms with Gasteiger partial charge in [-0.15, -0.1) is 0 Å². The van der Waals surface area contributed by atoms with Crippen molar-refractivity contribution in [1.82, 2.24) is 0 Å². The lowest BCUT2D eigenvalue weighted by molar-refractivity contribution is -0.138. The molecule has 4 heteroatoms. The molecule has 0 aliphatic rings. The average Bonchev–Trinajstić information content (AvgIpc) is 2.28. The van der Waals surface area contributed by atoms with Crippen molar-refractivity contribution in [2.45, 2.75) is 59.8 Å². The van der Waals surface area contributed by atoms with Crippen LogP contribution >= 0.6 is 0 Å². The number of unbranched alkanes of at least 4 members (excludes halogenated alkanes) is 2. The van der Waals surface area contributed by atoms with Gasteiger partial charge in [0.2, 0.25) is 0 Å². The maximum absolute atomic E-state index is 10.9. The van der Waals surface area contributed by atoms with Gasteiger partial charge in [-0.3, -0.25) is 4.79 Å². The molecule has 0 bridgehead atoms. The fourth-order valence-electron chi connectivity index (χ4n) is 1.40. The van der Waals surface area contributed by atoms with Crippen LogP contribution in [0.2, 0.25) is 0 Å². The Kier molecular flexibility index (Phi) is 12.9. The number of allylic oxidation sites excluding steroid dienone is 1. The zero-order chi connectivity index (χ0) is 16.0. The SMILES string of the molecule is C/C=C/C(=O)O.C=COC(=O)CCCCCC(C)(C)C. The molecule has 0 unspecified atom stereocenters. The molecule has 4 nitrogen and oxygen atoms in total. The summed E-state index contributed by atoms with van der Waals surface area (Å²) in [4.78, 5) is 20.4. The van der Waals surface area contributed by atoms with Gasteiger partial charge in [0.15, 0.2) is 0 Å². The molecule has 0 aromatic rings. The van der Waals surface area contributed by atoms with Crippen molar-refractivity contribution in [3.05, 3.63) is 25.0 Å². The molecule has 0 aromatic carbocycles. The van der Waals surface area contributed by atoms with Crippen molar-refractivity contribution in [3.63, 3.8) is 0 Å². The van der Waals surface area contributed by atoms with E-state index in [2.05, 4.69) is 32.1 Å². The first-order valence-corrected chi connectivity index (χ1v) is 6.89. The largest absolute Gasteiger partial charge is 0.478 e. The molecule has 0 aromatic heterocycles. The monoisotopic (exact) mass is 284 g/mol. The maximum Gasteiger partial charge on any atom is 0.327 e. The van der Waals surface area contributed by atoms with E-state index < -0.39 is 5.97 Å². The Balaban J connectivity index is 0. The summed E-state index contributed by atoms with van der Waals surface area (Å²) >= 11 is 0. The van der Waals surface area contributed by atoms with Crippen LogP contribution in [-0.4, -0.2) is 17.0 Å². The Morgan fingerprint density at radius 1 is 1.20 bits per heavy atom. The molecule has 0 radical (unpaired) electrons. The Hall–Kier alpha value is -1.58. The third kappa shape index (κ3) is 21.7. The molecule has 0 aliphatic carbocycles. The van der Waals surface area contributed by atoms with Gasteiger partial charge in [0.25, 0.3) is 0 Å². The van der Waals surface area contributed by atoms with Crippen molar-refractivity contribution in [3.8, 4) is 0 Å². The number of hydrogen-bond acceptors (Lipinski definition) is 3. The summed E-state index contributed by atoms with van der Waals surface area (Å²) in [6.45, 7) is 11.7. The zero-order valence-corrected chi connectivity index (χ0v) is 13.1. The fourth-order valence-corrected chi connectivity index (χ4v) is 1.40. The van der Waals surface area contributed by atoms with Crippen molar-refractivity contribution in [1.29, 1.82) is 0 Å². The van der Waals surface area contributed by atoms with Crippen LogP contribution in [0.3, 0.4) is 0 Å². The molecule has 0 fully saturated rings. The molecule has 0 atom stereocenters. The molecule has 20 heavy (non-hydrogen) atoms. The van der Waals surface area contributed by atoms with Gasteiger partial charge in [0.05, 0.1) is 6.26 Å². The third-order valence-electron chi connectivity index (χ3n) is 2.33. The van der Waals surface area contributed by atoms with E-state index in [0.29, 0.717) is 11.8 Å². The molecule has 116 valence electrons. The summed E-state index contributed by atoms with van der Waals surface area (Å²) in [6.07, 6.45) is 8.68. The highest BCUT2D eigenvalue weighted by Crippen LogP contribution is 2.22. The molecule has 0 rings (SSSR count). The van der Waals surface area contributed by atoms with E-state index in [1.165, 1.54) is 25.2 Å². The van der Waals surface area contributed by atoms with Gasteiger partial charge in [-0.25, -0.2) is 4.79 Å². The van der Waals surface area contributed by atoms with E-state index in [1.807, 2.05) is 0 Å². The summed E-state index contributed by atoms with van der Waals surface area (Å²) in [6, 6.07) is 0. The Bertz CT molecular complexity index is 311. The summed E-state index contributed by atoms with van der Waals surface area (Å²) < 4.78 is 4.61. The molecule has 0 saturated heterocycles. The Labute approximate surface area is 122 Å². The van der Waals surface area contributed by atoms with Gasteiger partial charge in [-0.2, -0.15) is 0 Å². The number of carbonyl (C=O) groups is 2. The van der Waals surface area contributed by atoms with Crippen LogP contribution in [0.5, 0.6) is 0 Å². The highest BCUT2D eigenvalue weighted by molar-refractivity contribution is 5.79. The number of hydrogen-bond donors (Lipinski definition) is 1. The van der Waals surface area contributed by atoms with Crippen LogP contribution in [0, 0.1) is 5.41 Å². The molecule has 0 heterocycles. The minimum Gasteiger partial charge on any atom is -0.478 e. The fraction of sp³-hybridized carbons (Fsp3) is 0.625. The van der Waals surface area contributed by atoms with Gasteiger partial charge in [-0.1, -0.05) is 46.3 Å². The Morgan fingerprint density at radius 2 is 1.80 bits per heavy atom. The second-order valence-corrected chi connectivity index (χ2v) is 5.62. The Morgan fingerprint density at radius 3 is 2.15 bits per heavy atom. The zero-order valence-electron chi connectivity index (χ0n) is 13.1. The van der Waals surface area contributed by atoms with Crippen LogP contribution in [-0.2, 0) is 14.3 Å². The number of carboxylic acid groups (broad SMARTS) is 1. The van der Waals surface area contributed by atoms with Crippen molar-refractivity contribution >= 4 is 11.9 Å². The van der Waals surface area contributed by atoms with Crippen LogP contribution in [0.4, 0.5) is 0 Å². The van der Waals surface area contributed by atoms with Crippen LogP contribution in [0.1, 0.15) is 59.8 Å². The number of carboxylic acids is 1. The molecule has 0 saturated carbocycles. The standard InChI is InChI=1S/C12H22O2.C4H6O2/c1-5-14-11(13)9-7-6-8-10-12(2,3)4;1-2-3-4(5)6/h5H,1,6-10H2,2-4H3;2-3H,1H3,(H,5,6)/b;3-2+. The van der Waals surface area contributed by atoms with Crippen molar-refractivity contribution in [2.75, 3.05) is 0 Å². The molecule has 0 spiro atoms. The van der Waals surface area contributed by atoms with Crippen molar-refractivity contribution < 1.29 is 19.4 Å². The van der Waals surface area contributed by atoms with E-state index in [9.17, 15) is 9.59 Å². The van der Waals surface area contributed by atoms with Crippen LogP contribution in [0.15, 0.2) is 25.0 Å². The predicted molar refractivity (Wildman–Crippen MR) is 81.3 cm³/mol. The van der Waals surface area contributed by atoms with Crippen LogP contribution < -0.4 is 0 Å². The highest BCUT2D eigenvalue weighted by atomic mass is 16.5. The number of aliphatic carboxylic acids is 1. The van der Waals surface area contributed by atoms with Gasteiger partial charge < -0.3 is 9.84 Å². The predicted octanol–water partition coefficient (Wildman–Crippen LogP) is 4.32. The molecule has 1 N–H and O–H groups in total. The number of carbonyl (C=O) groups excluding carboxylic acids is 1. The number of ether oxygens (including phenoxy) is 1. The van der Waals surface area contributed by atoms with E-state index in [4.69, 9.17) is 5.11 Å². The lowest BCUT2D eigenvalue weighted by Crippen LogP contribution is -2.04. The molecule has 0 amide bonds. The number of rotatable bonds is 7. The lowest BCUT2D eigenvalue weighted by atomic mass is 9.89. The quantitative estimate of drug-likeness (QED) is 0.327. The first kappa shape index (κ1) is 20.7. The second-order valence-electron chi connectivity index (χ2n) is 5.62. The summed E-state index contributed by atoms with van der Waals surface area (Å²) in [5.41, 5.74) is 0.404. The summed E-state index contributed by atoms with van der Waals surface area (Å²) in [5.74, 6) is -1.06. The van der Waals surface area contributed by atoms with Crippen LogP contribution in [0.25, 0.3) is 0 Å². The molecule has 0 aliphatic heterocycles. The molecular formula is C16H28O4.